The number of carbonyl (C=O) groups excluding carboxylic acids is 1. The van der Waals surface area contributed by atoms with E-state index in [0.717, 1.165) is 37.2 Å². The van der Waals surface area contributed by atoms with Crippen LogP contribution in [0.2, 0.25) is 5.02 Å². The highest BCUT2D eigenvalue weighted by Crippen LogP contribution is 2.53. The molecule has 0 amide bonds. The molecule has 2 fully saturated rings. The predicted octanol–water partition coefficient (Wildman–Crippen LogP) is 3.45. The van der Waals surface area contributed by atoms with E-state index in [1.165, 1.54) is 0 Å². The van der Waals surface area contributed by atoms with Crippen molar-refractivity contribution in [2.75, 3.05) is 33.9 Å². The molecule has 0 aromatic heterocycles. The first-order valence-corrected chi connectivity index (χ1v) is 11.1. The number of hydrogen-bond acceptors (Lipinski definition) is 7. The molecule has 168 valence electrons. The highest BCUT2D eigenvalue weighted by Gasteiger charge is 2.54. The summed E-state index contributed by atoms with van der Waals surface area (Å²) in [6.45, 7) is 4.49. The Morgan fingerprint density at radius 3 is 2.90 bits per heavy atom. The third-order valence-electron chi connectivity index (χ3n) is 6.99. The maximum atomic E-state index is 11.8. The van der Waals surface area contributed by atoms with Crippen molar-refractivity contribution in [3.8, 4) is 5.75 Å². The van der Waals surface area contributed by atoms with Crippen LogP contribution < -0.4 is 4.74 Å². The largest absolute Gasteiger partial charge is 0.504 e. The Balaban J connectivity index is 1.70. The first-order valence-electron chi connectivity index (χ1n) is 10.7. The number of rotatable bonds is 7. The number of halogens is 1. The molecule has 1 aromatic rings. The maximum absolute atomic E-state index is 11.8. The van der Waals surface area contributed by atoms with Crippen molar-refractivity contribution in [3.05, 3.63) is 34.6 Å². The second kappa shape index (κ2) is 8.81. The number of aliphatic imine (C=N–C) groups is 1. The third kappa shape index (κ3) is 3.62. The quantitative estimate of drug-likeness (QED) is 0.508. The van der Waals surface area contributed by atoms with Crippen LogP contribution in [0.1, 0.15) is 31.7 Å². The average molecular weight is 449 g/mol. The molecule has 1 aromatic carbocycles. The minimum atomic E-state index is -1.19. The summed E-state index contributed by atoms with van der Waals surface area (Å²) >= 11 is 6.36. The molecule has 4 atom stereocenters. The lowest BCUT2D eigenvalue weighted by molar-refractivity contribution is -0.128. The second-order valence-corrected chi connectivity index (χ2v) is 8.85. The Labute approximate surface area is 187 Å². The summed E-state index contributed by atoms with van der Waals surface area (Å²) in [6, 6.07) is 3.57. The molecule has 8 heteroatoms. The van der Waals surface area contributed by atoms with Gasteiger partial charge in [0.15, 0.2) is 0 Å². The molecule has 0 radical (unpaired) electrons. The van der Waals surface area contributed by atoms with Gasteiger partial charge in [-0.25, -0.2) is 0 Å². The zero-order chi connectivity index (χ0) is 22.2. The van der Waals surface area contributed by atoms with Crippen molar-refractivity contribution in [1.82, 2.24) is 4.90 Å². The molecule has 3 aliphatic rings. The van der Waals surface area contributed by atoms with Crippen LogP contribution in [0, 0.1) is 11.8 Å². The van der Waals surface area contributed by atoms with E-state index in [2.05, 4.69) is 11.8 Å². The normalized spacial score (nSPS) is 30.0. The van der Waals surface area contributed by atoms with Gasteiger partial charge >= 0.3 is 0 Å². The molecule has 0 saturated carbocycles. The SMILES string of the molecule is CC[C@@H]1CN2CC[C@@]3(O)C(=Nc4ccc(Cl)c(OC)c43)[C@@H]2C[C@@H]1/C(=C\OC)COC=O. The number of carbonyl (C=O) groups is 1. The molecule has 3 aliphatic heterocycles. The van der Waals surface area contributed by atoms with E-state index in [4.69, 9.17) is 30.8 Å². The van der Waals surface area contributed by atoms with Gasteiger partial charge in [-0.3, -0.25) is 14.7 Å². The highest BCUT2D eigenvalue weighted by atomic mass is 35.5. The lowest BCUT2D eigenvalue weighted by atomic mass is 9.70. The second-order valence-electron chi connectivity index (χ2n) is 8.44. The summed E-state index contributed by atoms with van der Waals surface area (Å²) < 4.78 is 15.9. The van der Waals surface area contributed by atoms with Gasteiger partial charge in [-0.15, -0.1) is 0 Å². The van der Waals surface area contributed by atoms with Crippen LogP contribution in [0.3, 0.4) is 0 Å². The van der Waals surface area contributed by atoms with Crippen LogP contribution in [0.4, 0.5) is 5.69 Å². The molecule has 7 nitrogen and oxygen atoms in total. The third-order valence-corrected chi connectivity index (χ3v) is 7.29. The number of hydrogen-bond donors (Lipinski definition) is 1. The van der Waals surface area contributed by atoms with E-state index < -0.39 is 5.60 Å². The number of ether oxygens (including phenoxy) is 3. The van der Waals surface area contributed by atoms with Gasteiger partial charge in [0.25, 0.3) is 6.47 Å². The van der Waals surface area contributed by atoms with Crippen LogP contribution in [0.25, 0.3) is 0 Å². The van der Waals surface area contributed by atoms with Crippen molar-refractivity contribution in [1.29, 1.82) is 0 Å². The Hall–Kier alpha value is -2.09. The maximum Gasteiger partial charge on any atom is 0.293 e. The Kier molecular flexibility index (Phi) is 6.28. The van der Waals surface area contributed by atoms with Crippen molar-refractivity contribution < 1.29 is 24.1 Å². The minimum absolute atomic E-state index is 0.0288. The average Bonchev–Trinajstić information content (AvgIpc) is 3.09. The summed E-state index contributed by atoms with van der Waals surface area (Å²) in [5.41, 5.74) is 1.89. The van der Waals surface area contributed by atoms with Crippen molar-refractivity contribution in [3.63, 3.8) is 0 Å². The van der Waals surface area contributed by atoms with Gasteiger partial charge in [0.2, 0.25) is 0 Å². The van der Waals surface area contributed by atoms with E-state index in [1.54, 1.807) is 26.5 Å². The summed E-state index contributed by atoms with van der Waals surface area (Å²) in [4.78, 5) is 18.1. The van der Waals surface area contributed by atoms with Gasteiger partial charge in [0.05, 0.1) is 48.5 Å². The van der Waals surface area contributed by atoms with E-state index in [9.17, 15) is 9.90 Å². The van der Waals surface area contributed by atoms with Crippen molar-refractivity contribution >= 4 is 29.5 Å². The highest BCUT2D eigenvalue weighted by molar-refractivity contribution is 6.32. The summed E-state index contributed by atoms with van der Waals surface area (Å²) in [7, 11) is 3.17. The number of piperidine rings is 2. The summed E-state index contributed by atoms with van der Waals surface area (Å²) in [5.74, 6) is 1.05. The zero-order valence-electron chi connectivity index (χ0n) is 18.1. The number of benzene rings is 1. The molecular weight excluding hydrogens is 420 g/mol. The van der Waals surface area contributed by atoms with Crippen LogP contribution in [-0.4, -0.2) is 62.1 Å². The molecule has 31 heavy (non-hydrogen) atoms. The van der Waals surface area contributed by atoms with Gasteiger partial charge in [-0.2, -0.15) is 0 Å². The molecule has 2 saturated heterocycles. The molecule has 0 bridgehead atoms. The van der Waals surface area contributed by atoms with Crippen LogP contribution in [0.15, 0.2) is 29.0 Å². The van der Waals surface area contributed by atoms with Gasteiger partial charge in [-0.05, 0) is 36.8 Å². The number of fused-ring (bicyclic) bond motifs is 5. The van der Waals surface area contributed by atoms with Gasteiger partial charge < -0.3 is 19.3 Å². The van der Waals surface area contributed by atoms with Crippen molar-refractivity contribution in [2.24, 2.45) is 16.8 Å². The van der Waals surface area contributed by atoms with Crippen molar-refractivity contribution in [2.45, 2.75) is 37.8 Å². The smallest absolute Gasteiger partial charge is 0.293 e. The fourth-order valence-corrected chi connectivity index (χ4v) is 5.78. The summed E-state index contributed by atoms with van der Waals surface area (Å²) in [5, 5.41) is 12.3. The minimum Gasteiger partial charge on any atom is -0.504 e. The topological polar surface area (TPSA) is 80.6 Å². The predicted molar refractivity (Wildman–Crippen MR) is 118 cm³/mol. The van der Waals surface area contributed by atoms with Gasteiger partial charge in [0.1, 0.15) is 18.0 Å². The monoisotopic (exact) mass is 448 g/mol. The fourth-order valence-electron chi connectivity index (χ4n) is 5.55. The van der Waals surface area contributed by atoms with Crippen LogP contribution in [0.5, 0.6) is 5.75 Å². The molecule has 0 spiro atoms. The lowest BCUT2D eigenvalue weighted by Gasteiger charge is -2.50. The first-order chi connectivity index (χ1) is 15.0. The molecule has 3 heterocycles. The number of nitrogens with zero attached hydrogens (tertiary/aromatic N) is 2. The summed E-state index contributed by atoms with van der Waals surface area (Å²) in [6.07, 6.45) is 4.00. The fraction of sp³-hybridized carbons (Fsp3) is 0.565. The van der Waals surface area contributed by atoms with E-state index >= 15 is 0 Å². The van der Waals surface area contributed by atoms with Crippen LogP contribution in [-0.2, 0) is 19.9 Å². The molecular formula is C23H29ClN2O5. The Bertz CT molecular complexity index is 917. The van der Waals surface area contributed by atoms with Gasteiger partial charge in [-0.1, -0.05) is 24.9 Å². The molecule has 0 aliphatic carbocycles. The molecule has 0 unspecified atom stereocenters. The van der Waals surface area contributed by atoms with Crippen LogP contribution >= 0.6 is 11.6 Å². The number of methoxy groups -OCH3 is 2. The van der Waals surface area contributed by atoms with E-state index in [-0.39, 0.29) is 18.6 Å². The molecule has 1 N–H and O–H groups in total. The Morgan fingerprint density at radius 1 is 1.42 bits per heavy atom. The standard InChI is InChI=1S/C23H29ClN2O5/c1-4-14-10-26-8-7-23(28)20-18(6-5-17(24)21(20)30-3)25-22(23)19(26)9-16(14)15(11-29-2)12-31-13-27/h5-6,11,13-14,16,19,28H,4,7-10,12H2,1-3H3/b15-11-/t14-,16+,19+,23+/m1/s1. The van der Waals surface area contributed by atoms with E-state index in [0.29, 0.717) is 40.8 Å². The number of aliphatic hydroxyl groups is 1. The first kappa shape index (κ1) is 22.1. The van der Waals surface area contributed by atoms with E-state index in [1.807, 2.05) is 6.07 Å². The Morgan fingerprint density at radius 2 is 2.23 bits per heavy atom. The molecule has 4 rings (SSSR count). The van der Waals surface area contributed by atoms with Gasteiger partial charge in [0, 0.05) is 18.7 Å². The lowest BCUT2D eigenvalue weighted by Crippen LogP contribution is -2.60. The zero-order valence-corrected chi connectivity index (χ0v) is 18.9.